The van der Waals surface area contributed by atoms with Crippen molar-refractivity contribution in [2.24, 2.45) is 5.10 Å². The van der Waals surface area contributed by atoms with E-state index in [4.69, 9.17) is 9.15 Å². The van der Waals surface area contributed by atoms with Crippen molar-refractivity contribution in [2.45, 2.75) is 6.92 Å². The van der Waals surface area contributed by atoms with E-state index < -0.39 is 5.91 Å². The summed E-state index contributed by atoms with van der Waals surface area (Å²) in [4.78, 5) is 11.6. The molecular weight excluding hydrogens is 244 g/mol. The second kappa shape index (κ2) is 6.39. The molecule has 0 aliphatic heterocycles. The molecular formula is C14H14N2O3. The minimum absolute atomic E-state index is 0.218. The van der Waals surface area contributed by atoms with Crippen LogP contribution in [-0.2, 0) is 0 Å². The number of carbonyl (C=O) groups is 1. The van der Waals surface area contributed by atoms with E-state index in [-0.39, 0.29) is 5.76 Å². The molecule has 0 saturated heterocycles. The summed E-state index contributed by atoms with van der Waals surface area (Å²) in [6, 6.07) is 10.7. The number of ether oxygens (including phenoxy) is 1. The Morgan fingerprint density at radius 1 is 1.37 bits per heavy atom. The van der Waals surface area contributed by atoms with Crippen LogP contribution in [0, 0.1) is 0 Å². The van der Waals surface area contributed by atoms with Crippen molar-refractivity contribution in [1.82, 2.24) is 5.43 Å². The molecule has 1 heterocycles. The van der Waals surface area contributed by atoms with Gasteiger partial charge in [-0.2, -0.15) is 5.10 Å². The Bertz CT molecular complexity index is 562. The molecule has 0 radical (unpaired) electrons. The molecule has 0 spiro atoms. The smallest absolute Gasteiger partial charge is 0.307 e. The molecule has 0 fully saturated rings. The lowest BCUT2D eigenvalue weighted by atomic mass is 10.2. The fourth-order valence-electron chi connectivity index (χ4n) is 1.50. The maximum Gasteiger partial charge on any atom is 0.307 e. The Labute approximate surface area is 110 Å². The van der Waals surface area contributed by atoms with E-state index in [1.54, 1.807) is 12.1 Å². The highest BCUT2D eigenvalue weighted by Crippen LogP contribution is 2.15. The average Bonchev–Trinajstić information content (AvgIpc) is 2.95. The highest BCUT2D eigenvalue weighted by atomic mass is 16.5. The summed E-state index contributed by atoms with van der Waals surface area (Å²) in [6.45, 7) is 2.48. The lowest BCUT2D eigenvalue weighted by Gasteiger charge is -2.05. The van der Waals surface area contributed by atoms with Gasteiger partial charge in [0.2, 0.25) is 0 Å². The van der Waals surface area contributed by atoms with Crippen molar-refractivity contribution in [3.05, 3.63) is 54.0 Å². The second-order valence-corrected chi connectivity index (χ2v) is 3.65. The molecule has 0 saturated carbocycles. The minimum Gasteiger partial charge on any atom is -0.493 e. The Balaban J connectivity index is 2.01. The molecule has 19 heavy (non-hydrogen) atoms. The summed E-state index contributed by atoms with van der Waals surface area (Å²) < 4.78 is 10.4. The van der Waals surface area contributed by atoms with Gasteiger partial charge in [-0.25, -0.2) is 5.43 Å². The van der Waals surface area contributed by atoms with Crippen LogP contribution in [0.4, 0.5) is 0 Å². The zero-order valence-corrected chi connectivity index (χ0v) is 10.5. The minimum atomic E-state index is -0.393. The zero-order valence-electron chi connectivity index (χ0n) is 10.5. The van der Waals surface area contributed by atoms with Crippen molar-refractivity contribution < 1.29 is 13.9 Å². The third-order valence-corrected chi connectivity index (χ3v) is 2.33. The van der Waals surface area contributed by atoms with Gasteiger partial charge < -0.3 is 9.15 Å². The molecule has 1 aromatic heterocycles. The van der Waals surface area contributed by atoms with Crippen molar-refractivity contribution >= 4 is 12.1 Å². The predicted molar refractivity (Wildman–Crippen MR) is 71.4 cm³/mol. The molecule has 1 N–H and O–H groups in total. The molecule has 0 atom stereocenters. The maximum atomic E-state index is 11.6. The maximum absolute atomic E-state index is 11.6. The van der Waals surface area contributed by atoms with E-state index in [2.05, 4.69) is 10.5 Å². The van der Waals surface area contributed by atoms with Crippen LogP contribution in [0.2, 0.25) is 0 Å². The molecule has 5 nitrogen and oxygen atoms in total. The second-order valence-electron chi connectivity index (χ2n) is 3.65. The van der Waals surface area contributed by atoms with Gasteiger partial charge in [0.1, 0.15) is 5.75 Å². The molecule has 0 unspecified atom stereocenters. The van der Waals surface area contributed by atoms with Gasteiger partial charge in [0.15, 0.2) is 5.76 Å². The molecule has 0 bridgehead atoms. The fraction of sp³-hybridized carbons (Fsp3) is 0.143. The first-order chi connectivity index (χ1) is 9.31. The number of amides is 1. The van der Waals surface area contributed by atoms with Crippen molar-refractivity contribution in [2.75, 3.05) is 6.61 Å². The summed E-state index contributed by atoms with van der Waals surface area (Å²) in [5.74, 6) is 0.548. The number of hydrogen-bond donors (Lipinski definition) is 1. The van der Waals surface area contributed by atoms with Crippen LogP contribution in [0.1, 0.15) is 23.0 Å². The van der Waals surface area contributed by atoms with Crippen LogP contribution in [0.15, 0.2) is 52.2 Å². The summed E-state index contributed by atoms with van der Waals surface area (Å²) in [6.07, 6.45) is 2.97. The quantitative estimate of drug-likeness (QED) is 0.661. The van der Waals surface area contributed by atoms with E-state index in [0.29, 0.717) is 6.61 Å². The summed E-state index contributed by atoms with van der Waals surface area (Å²) >= 11 is 0. The molecule has 0 aliphatic carbocycles. The predicted octanol–water partition coefficient (Wildman–Crippen LogP) is 2.44. The highest BCUT2D eigenvalue weighted by Gasteiger charge is 2.06. The molecule has 1 amide bonds. The first-order valence-corrected chi connectivity index (χ1v) is 5.90. The van der Waals surface area contributed by atoms with Gasteiger partial charge >= 0.3 is 5.91 Å². The number of nitrogens with zero attached hydrogens (tertiary/aromatic N) is 1. The molecule has 5 heteroatoms. The van der Waals surface area contributed by atoms with Gasteiger partial charge in [-0.05, 0) is 31.2 Å². The van der Waals surface area contributed by atoms with Crippen LogP contribution in [0.25, 0.3) is 0 Å². The number of benzene rings is 1. The van der Waals surface area contributed by atoms with Gasteiger partial charge in [0.25, 0.3) is 0 Å². The number of nitrogens with one attached hydrogen (secondary N) is 1. The van der Waals surface area contributed by atoms with Gasteiger partial charge in [0, 0.05) is 5.56 Å². The largest absolute Gasteiger partial charge is 0.493 e. The Morgan fingerprint density at radius 3 is 2.95 bits per heavy atom. The van der Waals surface area contributed by atoms with Gasteiger partial charge in [-0.15, -0.1) is 0 Å². The van der Waals surface area contributed by atoms with E-state index in [1.807, 2.05) is 31.2 Å². The fourth-order valence-corrected chi connectivity index (χ4v) is 1.50. The zero-order chi connectivity index (χ0) is 13.5. The van der Waals surface area contributed by atoms with Crippen LogP contribution in [0.5, 0.6) is 5.75 Å². The third kappa shape index (κ3) is 3.45. The van der Waals surface area contributed by atoms with Gasteiger partial charge in [-0.1, -0.05) is 12.1 Å². The number of rotatable bonds is 5. The summed E-state index contributed by atoms with van der Waals surface area (Å²) in [7, 11) is 0. The first-order valence-electron chi connectivity index (χ1n) is 5.90. The lowest BCUT2D eigenvalue weighted by molar-refractivity contribution is 0.0927. The number of hydrogen-bond acceptors (Lipinski definition) is 4. The van der Waals surface area contributed by atoms with Gasteiger partial charge in [-0.3, -0.25) is 4.79 Å². The molecule has 98 valence electrons. The molecule has 1 aromatic carbocycles. The van der Waals surface area contributed by atoms with Crippen molar-refractivity contribution in [3.8, 4) is 5.75 Å². The van der Waals surface area contributed by atoms with Crippen LogP contribution < -0.4 is 10.2 Å². The number of hydrazone groups is 1. The third-order valence-electron chi connectivity index (χ3n) is 2.33. The average molecular weight is 258 g/mol. The normalized spacial score (nSPS) is 10.6. The van der Waals surface area contributed by atoms with Crippen LogP contribution in [-0.4, -0.2) is 18.7 Å². The van der Waals surface area contributed by atoms with Crippen LogP contribution in [0.3, 0.4) is 0 Å². The molecule has 2 rings (SSSR count). The monoisotopic (exact) mass is 258 g/mol. The topological polar surface area (TPSA) is 63.8 Å². The Hall–Kier alpha value is -2.56. The summed E-state index contributed by atoms with van der Waals surface area (Å²) in [5, 5.41) is 3.88. The molecule has 0 aliphatic rings. The summed E-state index contributed by atoms with van der Waals surface area (Å²) in [5.41, 5.74) is 3.18. The number of para-hydroxylation sites is 1. The van der Waals surface area contributed by atoms with Crippen molar-refractivity contribution in [1.29, 1.82) is 0 Å². The first kappa shape index (κ1) is 12.9. The van der Waals surface area contributed by atoms with Crippen molar-refractivity contribution in [3.63, 3.8) is 0 Å². The number of carbonyl (C=O) groups excluding carboxylic acids is 1. The number of furan rings is 1. The van der Waals surface area contributed by atoms with Gasteiger partial charge in [0.05, 0.1) is 19.1 Å². The Kier molecular flexibility index (Phi) is 4.34. The highest BCUT2D eigenvalue weighted by molar-refractivity contribution is 5.92. The molecule has 2 aromatic rings. The van der Waals surface area contributed by atoms with E-state index in [1.165, 1.54) is 12.5 Å². The standard InChI is InChI=1S/C14H14N2O3/c1-2-18-12-7-4-3-6-11(12)10-15-16-14(17)13-8-5-9-19-13/h3-10H,2H2,1H3,(H,16,17)/b15-10+. The SMILES string of the molecule is CCOc1ccccc1/C=N/NC(=O)c1ccco1. The van der Waals surface area contributed by atoms with E-state index >= 15 is 0 Å². The van der Waals surface area contributed by atoms with E-state index in [0.717, 1.165) is 11.3 Å². The Morgan fingerprint density at radius 2 is 2.21 bits per heavy atom. The van der Waals surface area contributed by atoms with E-state index in [9.17, 15) is 4.79 Å². The lowest BCUT2D eigenvalue weighted by Crippen LogP contribution is -2.16. The van der Waals surface area contributed by atoms with Crippen LogP contribution >= 0.6 is 0 Å².